The number of primary amides is 1. The molecule has 0 bridgehead atoms. The van der Waals surface area contributed by atoms with Crippen LogP contribution in [0.1, 0.15) is 19.3 Å². The zero-order valence-corrected chi connectivity index (χ0v) is 10.8. The van der Waals surface area contributed by atoms with Crippen molar-refractivity contribution in [2.24, 2.45) is 11.5 Å². The summed E-state index contributed by atoms with van der Waals surface area (Å²) in [6, 6.07) is -1.43. The van der Waals surface area contributed by atoms with Crippen LogP contribution in [0.2, 0.25) is 0 Å². The maximum absolute atomic E-state index is 12.0. The monoisotopic (exact) mass is 256 g/mol. The largest absolute Gasteiger partial charge is 0.370 e. The van der Waals surface area contributed by atoms with Crippen molar-refractivity contribution in [3.63, 3.8) is 0 Å². The number of carbonyl (C=O) groups excluding carboxylic acids is 3. The SMILES string of the molecule is CN(C)C(=O)C1CCCN1C(=O)C(N)CC(N)=O. The van der Waals surface area contributed by atoms with Gasteiger partial charge in [-0.1, -0.05) is 0 Å². The molecule has 4 N–H and O–H groups in total. The van der Waals surface area contributed by atoms with Crippen molar-refractivity contribution in [1.82, 2.24) is 9.80 Å². The van der Waals surface area contributed by atoms with Gasteiger partial charge in [0.15, 0.2) is 0 Å². The Morgan fingerprint density at radius 3 is 2.50 bits per heavy atom. The molecule has 18 heavy (non-hydrogen) atoms. The van der Waals surface area contributed by atoms with Crippen LogP contribution in [-0.2, 0) is 14.4 Å². The fourth-order valence-corrected chi connectivity index (χ4v) is 2.10. The smallest absolute Gasteiger partial charge is 0.244 e. The number of likely N-dealkylation sites (N-methyl/N-ethyl adjacent to an activating group) is 1. The highest BCUT2D eigenvalue weighted by Crippen LogP contribution is 2.19. The lowest BCUT2D eigenvalue weighted by Crippen LogP contribution is -2.51. The Labute approximate surface area is 106 Å². The first kappa shape index (κ1) is 14.4. The fourth-order valence-electron chi connectivity index (χ4n) is 2.10. The Morgan fingerprint density at radius 2 is 2.00 bits per heavy atom. The molecule has 0 aromatic heterocycles. The molecule has 0 radical (unpaired) electrons. The summed E-state index contributed by atoms with van der Waals surface area (Å²) in [5.74, 6) is -1.12. The van der Waals surface area contributed by atoms with Crippen molar-refractivity contribution < 1.29 is 14.4 Å². The predicted molar refractivity (Wildman–Crippen MR) is 65.2 cm³/mol. The highest BCUT2D eigenvalue weighted by atomic mass is 16.2. The van der Waals surface area contributed by atoms with Crippen molar-refractivity contribution >= 4 is 17.7 Å². The molecule has 1 heterocycles. The van der Waals surface area contributed by atoms with Crippen LogP contribution in [0.15, 0.2) is 0 Å². The van der Waals surface area contributed by atoms with Crippen molar-refractivity contribution in [2.45, 2.75) is 31.3 Å². The minimum absolute atomic E-state index is 0.118. The molecule has 1 fully saturated rings. The van der Waals surface area contributed by atoms with E-state index >= 15 is 0 Å². The van der Waals surface area contributed by atoms with Crippen molar-refractivity contribution in [3.05, 3.63) is 0 Å². The van der Waals surface area contributed by atoms with Gasteiger partial charge in [0, 0.05) is 20.6 Å². The number of hydrogen-bond donors (Lipinski definition) is 2. The van der Waals surface area contributed by atoms with E-state index < -0.39 is 18.0 Å². The highest BCUT2D eigenvalue weighted by molar-refractivity contribution is 5.92. The minimum atomic E-state index is -0.960. The molecule has 0 aromatic carbocycles. The summed E-state index contributed by atoms with van der Waals surface area (Å²) in [7, 11) is 3.29. The van der Waals surface area contributed by atoms with E-state index in [0.29, 0.717) is 13.0 Å². The average molecular weight is 256 g/mol. The number of amides is 3. The fraction of sp³-hybridized carbons (Fsp3) is 0.727. The van der Waals surface area contributed by atoms with Crippen molar-refractivity contribution in [2.75, 3.05) is 20.6 Å². The molecule has 2 atom stereocenters. The van der Waals surface area contributed by atoms with Crippen molar-refractivity contribution in [1.29, 1.82) is 0 Å². The number of nitrogens with zero attached hydrogens (tertiary/aromatic N) is 2. The van der Waals surface area contributed by atoms with Gasteiger partial charge in [-0.15, -0.1) is 0 Å². The molecule has 1 saturated heterocycles. The third-order valence-electron chi connectivity index (χ3n) is 3.00. The van der Waals surface area contributed by atoms with Crippen LogP contribution in [0.5, 0.6) is 0 Å². The Bertz CT molecular complexity index is 356. The van der Waals surface area contributed by atoms with E-state index in [-0.39, 0.29) is 18.2 Å². The number of likely N-dealkylation sites (tertiary alicyclic amines) is 1. The molecular formula is C11H20N4O3. The van der Waals surface area contributed by atoms with Crippen LogP contribution in [0.4, 0.5) is 0 Å². The van der Waals surface area contributed by atoms with Gasteiger partial charge in [0.1, 0.15) is 6.04 Å². The van der Waals surface area contributed by atoms with Gasteiger partial charge in [0.2, 0.25) is 17.7 Å². The summed E-state index contributed by atoms with van der Waals surface area (Å²) in [5, 5.41) is 0. The first-order chi connectivity index (χ1) is 8.34. The highest BCUT2D eigenvalue weighted by Gasteiger charge is 2.36. The van der Waals surface area contributed by atoms with E-state index in [2.05, 4.69) is 0 Å². The molecular weight excluding hydrogens is 236 g/mol. The Kier molecular flexibility index (Phi) is 4.66. The van der Waals surface area contributed by atoms with E-state index in [1.54, 1.807) is 14.1 Å². The van der Waals surface area contributed by atoms with Gasteiger partial charge >= 0.3 is 0 Å². The van der Waals surface area contributed by atoms with E-state index in [4.69, 9.17) is 11.5 Å². The van der Waals surface area contributed by atoms with Gasteiger partial charge in [-0.3, -0.25) is 14.4 Å². The van der Waals surface area contributed by atoms with E-state index in [0.717, 1.165) is 6.42 Å². The number of carbonyl (C=O) groups is 3. The molecule has 1 aliphatic heterocycles. The summed E-state index contributed by atoms with van der Waals surface area (Å²) in [5.41, 5.74) is 10.6. The number of rotatable bonds is 4. The molecule has 1 aliphatic rings. The van der Waals surface area contributed by atoms with Gasteiger partial charge < -0.3 is 21.3 Å². The minimum Gasteiger partial charge on any atom is -0.370 e. The van der Waals surface area contributed by atoms with Gasteiger partial charge in [0.05, 0.1) is 12.5 Å². The Morgan fingerprint density at radius 1 is 1.39 bits per heavy atom. The maximum atomic E-state index is 12.0. The molecule has 2 unspecified atom stereocenters. The number of hydrogen-bond acceptors (Lipinski definition) is 4. The second-order valence-electron chi connectivity index (χ2n) is 4.70. The van der Waals surface area contributed by atoms with Gasteiger partial charge in [0.25, 0.3) is 0 Å². The molecule has 7 nitrogen and oxygen atoms in total. The Hall–Kier alpha value is -1.63. The first-order valence-corrected chi connectivity index (χ1v) is 5.90. The molecule has 0 saturated carbocycles. The first-order valence-electron chi connectivity index (χ1n) is 5.90. The topological polar surface area (TPSA) is 110 Å². The van der Waals surface area contributed by atoms with Crippen LogP contribution < -0.4 is 11.5 Å². The summed E-state index contributed by atoms with van der Waals surface area (Å²) in [6.07, 6.45) is 1.20. The van der Waals surface area contributed by atoms with Crippen LogP contribution in [0.3, 0.4) is 0 Å². The summed E-state index contributed by atoms with van der Waals surface area (Å²) in [4.78, 5) is 37.6. The normalized spacial score (nSPS) is 20.6. The zero-order valence-electron chi connectivity index (χ0n) is 10.8. The molecule has 102 valence electrons. The zero-order chi connectivity index (χ0) is 13.9. The molecule has 3 amide bonds. The van der Waals surface area contributed by atoms with E-state index in [9.17, 15) is 14.4 Å². The lowest BCUT2D eigenvalue weighted by Gasteiger charge is -2.28. The Balaban J connectivity index is 2.72. The average Bonchev–Trinajstić information content (AvgIpc) is 2.74. The van der Waals surface area contributed by atoms with Crippen molar-refractivity contribution in [3.8, 4) is 0 Å². The van der Waals surface area contributed by atoms with Gasteiger partial charge in [-0.05, 0) is 12.8 Å². The molecule has 0 aromatic rings. The third-order valence-corrected chi connectivity index (χ3v) is 3.00. The summed E-state index contributed by atoms with van der Waals surface area (Å²) >= 11 is 0. The van der Waals surface area contributed by atoms with Gasteiger partial charge in [-0.25, -0.2) is 0 Å². The van der Waals surface area contributed by atoms with Gasteiger partial charge in [-0.2, -0.15) is 0 Å². The lowest BCUT2D eigenvalue weighted by atomic mass is 10.1. The third kappa shape index (κ3) is 3.19. The molecule has 7 heteroatoms. The summed E-state index contributed by atoms with van der Waals surface area (Å²) < 4.78 is 0. The maximum Gasteiger partial charge on any atom is 0.244 e. The lowest BCUT2D eigenvalue weighted by molar-refractivity contribution is -0.143. The number of nitrogens with two attached hydrogens (primary N) is 2. The van der Waals surface area contributed by atoms with E-state index in [1.807, 2.05) is 0 Å². The predicted octanol–water partition coefficient (Wildman–Crippen LogP) is -1.73. The summed E-state index contributed by atoms with van der Waals surface area (Å²) in [6.45, 7) is 0.496. The quantitative estimate of drug-likeness (QED) is 0.622. The standard InChI is InChI=1S/C11H20N4O3/c1-14(2)11(18)8-4-3-5-15(8)10(17)7(12)6-9(13)16/h7-8H,3-6,12H2,1-2H3,(H2,13,16). The van der Waals surface area contributed by atoms with E-state index in [1.165, 1.54) is 9.80 Å². The second-order valence-corrected chi connectivity index (χ2v) is 4.70. The van der Waals surface area contributed by atoms with Crippen LogP contribution in [-0.4, -0.2) is 60.2 Å². The molecule has 0 spiro atoms. The van der Waals surface area contributed by atoms with Crippen LogP contribution in [0, 0.1) is 0 Å². The van der Waals surface area contributed by atoms with Crippen LogP contribution >= 0.6 is 0 Å². The second kappa shape index (κ2) is 5.81. The van der Waals surface area contributed by atoms with Crippen LogP contribution in [0.25, 0.3) is 0 Å². The molecule has 1 rings (SSSR count). The molecule has 0 aliphatic carbocycles.